The molecule has 0 aromatic heterocycles. The zero-order chi connectivity index (χ0) is 13.1. The zero-order valence-electron chi connectivity index (χ0n) is 9.14. The molecule has 0 atom stereocenters. The molecule has 18 heavy (non-hydrogen) atoms. The number of rotatable bonds is 2. The van der Waals surface area contributed by atoms with Crippen LogP contribution in [0, 0.1) is 0 Å². The van der Waals surface area contributed by atoms with E-state index < -0.39 is 0 Å². The molecule has 2 N–H and O–H groups in total. The number of aromatic hydroxyl groups is 2. The second kappa shape index (κ2) is 5.42. The summed E-state index contributed by atoms with van der Waals surface area (Å²) in [6.07, 6.45) is 1.58. The second-order valence-corrected chi connectivity index (χ2v) is 4.87. The first kappa shape index (κ1) is 12.9. The first-order valence-electron chi connectivity index (χ1n) is 5.07. The Balaban J connectivity index is 2.24. The first-order valence-corrected chi connectivity index (χ1v) is 6.24. The van der Waals surface area contributed by atoms with Crippen molar-refractivity contribution in [3.63, 3.8) is 0 Å². The van der Waals surface area contributed by atoms with Crippen molar-refractivity contribution in [1.29, 1.82) is 0 Å². The van der Waals surface area contributed by atoms with Crippen LogP contribution in [-0.4, -0.2) is 16.4 Å². The van der Waals surface area contributed by atoms with Gasteiger partial charge in [-0.1, -0.05) is 11.6 Å². The van der Waals surface area contributed by atoms with Gasteiger partial charge in [0.25, 0.3) is 0 Å². The minimum atomic E-state index is -0.173. The molecule has 0 aliphatic carbocycles. The lowest BCUT2D eigenvalue weighted by molar-refractivity contribution is 0.403. The molecule has 5 heteroatoms. The average molecular weight is 327 g/mol. The van der Waals surface area contributed by atoms with E-state index in [4.69, 9.17) is 11.6 Å². The highest BCUT2D eigenvalue weighted by Gasteiger charge is 1.99. The van der Waals surface area contributed by atoms with E-state index in [1.807, 2.05) is 12.1 Å². The quantitative estimate of drug-likeness (QED) is 0.640. The SMILES string of the molecule is Oc1ccc(C=Nc2ccc(Br)c(Cl)c2)cc1O. The normalized spacial score (nSPS) is 11.0. The third-order valence-electron chi connectivity index (χ3n) is 2.27. The summed E-state index contributed by atoms with van der Waals surface area (Å²) in [5.74, 6) is -0.327. The molecule has 3 nitrogen and oxygen atoms in total. The molecular weight excluding hydrogens is 318 g/mol. The van der Waals surface area contributed by atoms with E-state index in [0.717, 1.165) is 4.47 Å². The molecular formula is C13H9BrClNO2. The Morgan fingerprint density at radius 2 is 1.83 bits per heavy atom. The Morgan fingerprint density at radius 3 is 2.50 bits per heavy atom. The molecule has 0 spiro atoms. The lowest BCUT2D eigenvalue weighted by Crippen LogP contribution is -1.80. The van der Waals surface area contributed by atoms with Crippen molar-refractivity contribution in [3.8, 4) is 11.5 Å². The standard InChI is InChI=1S/C13H9BrClNO2/c14-10-3-2-9(6-11(10)15)16-7-8-1-4-12(17)13(18)5-8/h1-7,17-18H. The third-order valence-corrected chi connectivity index (χ3v) is 3.50. The van der Waals surface area contributed by atoms with Crippen LogP contribution in [0.25, 0.3) is 0 Å². The van der Waals surface area contributed by atoms with Crippen LogP contribution in [0.3, 0.4) is 0 Å². The fourth-order valence-corrected chi connectivity index (χ4v) is 1.76. The molecule has 0 saturated carbocycles. The monoisotopic (exact) mass is 325 g/mol. The molecule has 2 aromatic rings. The van der Waals surface area contributed by atoms with E-state index in [-0.39, 0.29) is 11.5 Å². The lowest BCUT2D eigenvalue weighted by atomic mass is 10.2. The van der Waals surface area contributed by atoms with Crippen LogP contribution in [-0.2, 0) is 0 Å². The largest absolute Gasteiger partial charge is 0.504 e. The maximum Gasteiger partial charge on any atom is 0.158 e. The van der Waals surface area contributed by atoms with E-state index in [2.05, 4.69) is 20.9 Å². The van der Waals surface area contributed by atoms with Crippen LogP contribution in [0.15, 0.2) is 45.9 Å². The van der Waals surface area contributed by atoms with Crippen molar-refractivity contribution in [2.24, 2.45) is 4.99 Å². The molecule has 92 valence electrons. The van der Waals surface area contributed by atoms with Gasteiger partial charge in [-0.15, -0.1) is 0 Å². The average Bonchev–Trinajstić information content (AvgIpc) is 2.35. The zero-order valence-corrected chi connectivity index (χ0v) is 11.5. The molecule has 0 fully saturated rings. The molecule has 0 bridgehead atoms. The van der Waals surface area contributed by atoms with E-state index in [1.165, 1.54) is 12.1 Å². The predicted molar refractivity (Wildman–Crippen MR) is 76.2 cm³/mol. The van der Waals surface area contributed by atoms with E-state index in [1.54, 1.807) is 18.3 Å². The first-order chi connectivity index (χ1) is 8.56. The van der Waals surface area contributed by atoms with Crippen molar-refractivity contribution in [1.82, 2.24) is 0 Å². The molecule has 0 heterocycles. The van der Waals surface area contributed by atoms with Crippen LogP contribution in [0.5, 0.6) is 11.5 Å². The number of benzene rings is 2. The van der Waals surface area contributed by atoms with Crippen LogP contribution < -0.4 is 0 Å². The minimum Gasteiger partial charge on any atom is -0.504 e. The van der Waals surface area contributed by atoms with Gasteiger partial charge in [0, 0.05) is 10.7 Å². The van der Waals surface area contributed by atoms with Gasteiger partial charge >= 0.3 is 0 Å². The van der Waals surface area contributed by atoms with Gasteiger partial charge in [0.2, 0.25) is 0 Å². The van der Waals surface area contributed by atoms with E-state index in [9.17, 15) is 10.2 Å². The Morgan fingerprint density at radius 1 is 1.06 bits per heavy atom. The van der Waals surface area contributed by atoms with Gasteiger partial charge in [0.1, 0.15) is 0 Å². The highest BCUT2D eigenvalue weighted by atomic mass is 79.9. The molecule has 2 aromatic carbocycles. The highest BCUT2D eigenvalue weighted by molar-refractivity contribution is 9.10. The minimum absolute atomic E-state index is 0.154. The summed E-state index contributed by atoms with van der Waals surface area (Å²) >= 11 is 9.25. The van der Waals surface area contributed by atoms with Gasteiger partial charge in [-0.25, -0.2) is 0 Å². The number of halogens is 2. The highest BCUT2D eigenvalue weighted by Crippen LogP contribution is 2.27. The van der Waals surface area contributed by atoms with Gasteiger partial charge in [-0.05, 0) is 57.9 Å². The van der Waals surface area contributed by atoms with Crippen molar-refractivity contribution >= 4 is 39.4 Å². The summed E-state index contributed by atoms with van der Waals surface area (Å²) < 4.78 is 0.811. The second-order valence-electron chi connectivity index (χ2n) is 3.60. The summed E-state index contributed by atoms with van der Waals surface area (Å²) in [7, 11) is 0. The van der Waals surface area contributed by atoms with Crippen molar-refractivity contribution in [2.45, 2.75) is 0 Å². The lowest BCUT2D eigenvalue weighted by Gasteiger charge is -1.99. The molecule has 0 aliphatic heterocycles. The van der Waals surface area contributed by atoms with Gasteiger partial charge in [-0.3, -0.25) is 4.99 Å². The molecule has 0 amide bonds. The number of hydrogen-bond acceptors (Lipinski definition) is 3. The Labute approximate surface area is 118 Å². The van der Waals surface area contributed by atoms with Crippen LogP contribution in [0.1, 0.15) is 5.56 Å². The Hall–Kier alpha value is -1.52. The van der Waals surface area contributed by atoms with Gasteiger partial charge < -0.3 is 10.2 Å². The Kier molecular flexibility index (Phi) is 3.89. The predicted octanol–water partition coefficient (Wildman–Crippen LogP) is 4.26. The van der Waals surface area contributed by atoms with Gasteiger partial charge in [0.05, 0.1) is 10.7 Å². The molecule has 0 aliphatic rings. The summed E-state index contributed by atoms with van der Waals surface area (Å²) in [4.78, 5) is 4.23. The van der Waals surface area contributed by atoms with Crippen molar-refractivity contribution in [2.75, 3.05) is 0 Å². The topological polar surface area (TPSA) is 52.8 Å². The van der Waals surface area contributed by atoms with Crippen LogP contribution >= 0.6 is 27.5 Å². The van der Waals surface area contributed by atoms with Crippen LogP contribution in [0.2, 0.25) is 5.02 Å². The summed E-state index contributed by atoms with van der Waals surface area (Å²) in [6, 6.07) is 9.84. The van der Waals surface area contributed by atoms with Crippen molar-refractivity contribution < 1.29 is 10.2 Å². The van der Waals surface area contributed by atoms with Crippen molar-refractivity contribution in [3.05, 3.63) is 51.5 Å². The smallest absolute Gasteiger partial charge is 0.158 e. The van der Waals surface area contributed by atoms with Gasteiger partial charge in [-0.2, -0.15) is 0 Å². The fraction of sp³-hybridized carbons (Fsp3) is 0. The number of phenolic OH excluding ortho intramolecular Hbond substituents is 2. The molecule has 0 unspecified atom stereocenters. The van der Waals surface area contributed by atoms with Crippen LogP contribution in [0.4, 0.5) is 5.69 Å². The molecule has 0 radical (unpaired) electrons. The summed E-state index contributed by atoms with van der Waals surface area (Å²) in [5.41, 5.74) is 1.39. The van der Waals surface area contributed by atoms with E-state index >= 15 is 0 Å². The number of aliphatic imine (C=N–C) groups is 1. The fourth-order valence-electron chi connectivity index (χ4n) is 1.34. The molecule has 0 saturated heterocycles. The maximum atomic E-state index is 9.34. The number of hydrogen-bond donors (Lipinski definition) is 2. The Bertz CT molecular complexity index is 560. The van der Waals surface area contributed by atoms with Gasteiger partial charge in [0.15, 0.2) is 11.5 Å². The maximum absolute atomic E-state index is 9.34. The van der Waals surface area contributed by atoms with E-state index in [0.29, 0.717) is 16.3 Å². The third kappa shape index (κ3) is 3.03. The summed E-state index contributed by atoms with van der Waals surface area (Å²) in [5, 5.41) is 19.1. The number of phenols is 2. The summed E-state index contributed by atoms with van der Waals surface area (Å²) in [6.45, 7) is 0. The number of nitrogens with zero attached hydrogens (tertiary/aromatic N) is 1. The molecule has 2 rings (SSSR count).